The molecule has 0 radical (unpaired) electrons. The average molecular weight is 244 g/mol. The summed E-state index contributed by atoms with van der Waals surface area (Å²) in [7, 11) is 0. The van der Waals surface area contributed by atoms with E-state index in [0.29, 0.717) is 6.54 Å². The zero-order valence-electron chi connectivity index (χ0n) is 10.3. The summed E-state index contributed by atoms with van der Waals surface area (Å²) in [6.07, 6.45) is 7.80. The number of aromatic nitrogens is 3. The predicted octanol–water partition coefficient (Wildman–Crippen LogP) is 1.66. The van der Waals surface area contributed by atoms with E-state index < -0.39 is 0 Å². The Morgan fingerprint density at radius 1 is 1.33 bits per heavy atom. The van der Waals surface area contributed by atoms with Crippen molar-refractivity contribution in [2.45, 2.75) is 26.4 Å². The molecule has 94 valence electrons. The summed E-state index contributed by atoms with van der Waals surface area (Å²) in [6.45, 7) is 3.38. The second-order valence-electron chi connectivity index (χ2n) is 4.00. The first-order chi connectivity index (χ1) is 8.79. The van der Waals surface area contributed by atoms with Crippen LogP contribution < -0.4 is 10.9 Å². The van der Waals surface area contributed by atoms with Crippen molar-refractivity contribution in [3.05, 3.63) is 53.0 Å². The van der Waals surface area contributed by atoms with Crippen LogP contribution in [0, 0.1) is 0 Å². The first kappa shape index (κ1) is 12.3. The third-order valence-corrected chi connectivity index (χ3v) is 2.54. The average Bonchev–Trinajstić information content (AvgIpc) is 2.41. The van der Waals surface area contributed by atoms with Crippen molar-refractivity contribution in [3.63, 3.8) is 0 Å². The second kappa shape index (κ2) is 5.95. The maximum absolute atomic E-state index is 11.5. The molecule has 2 aromatic heterocycles. The van der Waals surface area contributed by atoms with Crippen LogP contribution in [0.15, 0.2) is 41.7 Å². The Hall–Kier alpha value is -2.17. The normalized spacial score (nSPS) is 10.3. The summed E-state index contributed by atoms with van der Waals surface area (Å²) in [5, 5.41) is 3.22. The fourth-order valence-corrected chi connectivity index (χ4v) is 1.67. The molecule has 0 spiro atoms. The molecule has 5 heteroatoms. The van der Waals surface area contributed by atoms with Crippen molar-refractivity contribution in [2.24, 2.45) is 0 Å². The van der Waals surface area contributed by atoms with E-state index in [-0.39, 0.29) is 5.56 Å². The van der Waals surface area contributed by atoms with Crippen LogP contribution in [0.5, 0.6) is 0 Å². The molecule has 2 heterocycles. The van der Waals surface area contributed by atoms with Crippen LogP contribution in [0.3, 0.4) is 0 Å². The van der Waals surface area contributed by atoms with Gasteiger partial charge in [0.15, 0.2) is 0 Å². The maximum Gasteiger partial charge on any atom is 0.250 e. The first-order valence-corrected chi connectivity index (χ1v) is 5.99. The molecule has 0 aromatic carbocycles. The summed E-state index contributed by atoms with van der Waals surface area (Å²) in [4.78, 5) is 19.7. The Morgan fingerprint density at radius 3 is 2.94 bits per heavy atom. The van der Waals surface area contributed by atoms with Gasteiger partial charge in [-0.25, -0.2) is 0 Å². The van der Waals surface area contributed by atoms with E-state index in [0.717, 1.165) is 24.3 Å². The Balaban J connectivity index is 2.06. The lowest BCUT2D eigenvalue weighted by molar-refractivity contribution is 0.655. The molecule has 0 atom stereocenters. The number of nitrogens with zero attached hydrogens (tertiary/aromatic N) is 3. The molecule has 5 nitrogen and oxygen atoms in total. The van der Waals surface area contributed by atoms with E-state index in [1.165, 1.54) is 0 Å². The summed E-state index contributed by atoms with van der Waals surface area (Å²) in [5.41, 5.74) is 1.81. The van der Waals surface area contributed by atoms with E-state index in [4.69, 9.17) is 0 Å². The lowest BCUT2D eigenvalue weighted by Crippen LogP contribution is -2.18. The number of hydrogen-bond donors (Lipinski definition) is 1. The van der Waals surface area contributed by atoms with Gasteiger partial charge in [-0.1, -0.05) is 6.92 Å². The molecule has 0 fully saturated rings. The van der Waals surface area contributed by atoms with Crippen molar-refractivity contribution in [3.8, 4) is 0 Å². The van der Waals surface area contributed by atoms with Crippen molar-refractivity contribution >= 4 is 5.69 Å². The third kappa shape index (κ3) is 3.16. The number of rotatable bonds is 5. The first-order valence-electron chi connectivity index (χ1n) is 5.99. The molecule has 1 N–H and O–H groups in total. The molecule has 0 aliphatic rings. The highest BCUT2D eigenvalue weighted by atomic mass is 16.1. The van der Waals surface area contributed by atoms with Gasteiger partial charge in [-0.2, -0.15) is 0 Å². The molecule has 0 saturated carbocycles. The predicted molar refractivity (Wildman–Crippen MR) is 70.4 cm³/mol. The molecular formula is C13H16N4O. The number of nitrogens with one attached hydrogen (secondary N) is 1. The minimum atomic E-state index is 0.0295. The highest BCUT2D eigenvalue weighted by molar-refractivity contribution is 5.40. The quantitative estimate of drug-likeness (QED) is 0.869. The van der Waals surface area contributed by atoms with Gasteiger partial charge in [0.2, 0.25) is 0 Å². The Bertz CT molecular complexity index is 550. The monoisotopic (exact) mass is 244 g/mol. The van der Waals surface area contributed by atoms with Gasteiger partial charge < -0.3 is 9.88 Å². The van der Waals surface area contributed by atoms with Crippen molar-refractivity contribution < 1.29 is 0 Å². The van der Waals surface area contributed by atoms with Gasteiger partial charge in [-0.05, 0) is 12.5 Å². The summed E-state index contributed by atoms with van der Waals surface area (Å²) in [5.74, 6) is 0. The van der Waals surface area contributed by atoms with Crippen LogP contribution in [0.25, 0.3) is 0 Å². The highest BCUT2D eigenvalue weighted by Gasteiger charge is 1.98. The Labute approximate surface area is 106 Å². The molecule has 2 rings (SSSR count). The maximum atomic E-state index is 11.5. The van der Waals surface area contributed by atoms with Crippen molar-refractivity contribution in [1.29, 1.82) is 0 Å². The van der Waals surface area contributed by atoms with E-state index in [1.54, 1.807) is 35.3 Å². The van der Waals surface area contributed by atoms with Gasteiger partial charge in [0, 0.05) is 31.2 Å². The van der Waals surface area contributed by atoms with Crippen LogP contribution in [-0.2, 0) is 13.1 Å². The smallest absolute Gasteiger partial charge is 0.250 e. The van der Waals surface area contributed by atoms with Gasteiger partial charge >= 0.3 is 0 Å². The molecule has 0 aliphatic heterocycles. The van der Waals surface area contributed by atoms with Gasteiger partial charge in [-0.15, -0.1) is 0 Å². The van der Waals surface area contributed by atoms with E-state index >= 15 is 0 Å². The molecule has 0 bridgehead atoms. The topological polar surface area (TPSA) is 59.8 Å². The van der Waals surface area contributed by atoms with E-state index in [1.807, 2.05) is 13.1 Å². The fraction of sp³-hybridized carbons (Fsp3) is 0.308. The van der Waals surface area contributed by atoms with E-state index in [9.17, 15) is 4.79 Å². The Kier molecular flexibility index (Phi) is 4.06. The molecular weight excluding hydrogens is 228 g/mol. The Morgan fingerprint density at radius 2 is 2.22 bits per heavy atom. The standard InChI is InChI=1S/C13H16N4O/c1-2-7-17-10-11(3-4-13(17)18)16-9-12-8-14-5-6-15-12/h3-6,8,10,16H,2,7,9H2,1H3. The van der Waals surface area contributed by atoms with Gasteiger partial charge in [0.05, 0.1) is 24.1 Å². The zero-order chi connectivity index (χ0) is 12.8. The minimum absolute atomic E-state index is 0.0295. The molecule has 0 unspecified atom stereocenters. The summed E-state index contributed by atoms with van der Waals surface area (Å²) < 4.78 is 1.71. The number of anilines is 1. The molecule has 0 aliphatic carbocycles. The lowest BCUT2D eigenvalue weighted by Gasteiger charge is -2.09. The summed E-state index contributed by atoms with van der Waals surface area (Å²) in [6, 6.07) is 3.36. The highest BCUT2D eigenvalue weighted by Crippen LogP contribution is 2.05. The molecule has 0 amide bonds. The van der Waals surface area contributed by atoms with Crippen LogP contribution in [-0.4, -0.2) is 14.5 Å². The van der Waals surface area contributed by atoms with Gasteiger partial charge in [0.1, 0.15) is 0 Å². The lowest BCUT2D eigenvalue weighted by atomic mass is 10.3. The molecule has 2 aromatic rings. The van der Waals surface area contributed by atoms with Crippen LogP contribution in [0.4, 0.5) is 5.69 Å². The minimum Gasteiger partial charge on any atom is -0.378 e. The molecule has 18 heavy (non-hydrogen) atoms. The SMILES string of the molecule is CCCn1cc(NCc2cnccn2)ccc1=O. The van der Waals surface area contributed by atoms with E-state index in [2.05, 4.69) is 15.3 Å². The third-order valence-electron chi connectivity index (χ3n) is 2.54. The second-order valence-corrected chi connectivity index (χ2v) is 4.00. The zero-order valence-corrected chi connectivity index (χ0v) is 10.3. The van der Waals surface area contributed by atoms with Gasteiger partial charge in [-0.3, -0.25) is 14.8 Å². The molecule has 0 saturated heterocycles. The number of aryl methyl sites for hydroxylation is 1. The fourth-order valence-electron chi connectivity index (χ4n) is 1.67. The van der Waals surface area contributed by atoms with Crippen LogP contribution >= 0.6 is 0 Å². The van der Waals surface area contributed by atoms with Crippen LogP contribution in [0.2, 0.25) is 0 Å². The number of hydrogen-bond acceptors (Lipinski definition) is 4. The van der Waals surface area contributed by atoms with Crippen molar-refractivity contribution in [2.75, 3.05) is 5.32 Å². The summed E-state index contributed by atoms with van der Waals surface area (Å²) >= 11 is 0. The number of pyridine rings is 1. The van der Waals surface area contributed by atoms with Crippen molar-refractivity contribution in [1.82, 2.24) is 14.5 Å². The largest absolute Gasteiger partial charge is 0.378 e. The van der Waals surface area contributed by atoms with Gasteiger partial charge in [0.25, 0.3) is 5.56 Å². The van der Waals surface area contributed by atoms with Crippen LogP contribution in [0.1, 0.15) is 19.0 Å².